The molecular weight excluding hydrogens is 350 g/mol. The van der Waals surface area contributed by atoms with Gasteiger partial charge in [0.25, 0.3) is 11.4 Å². The molecule has 134 valence electrons. The van der Waals surface area contributed by atoms with Gasteiger partial charge in [-0.1, -0.05) is 30.3 Å². The quantitative estimate of drug-likeness (QED) is 0.511. The van der Waals surface area contributed by atoms with Crippen LogP contribution in [0.25, 0.3) is 0 Å². The van der Waals surface area contributed by atoms with E-state index < -0.39 is 10.6 Å². The normalized spacial score (nSPS) is 22.5. The van der Waals surface area contributed by atoms with Crippen molar-refractivity contribution in [3.05, 3.63) is 69.8 Å². The average molecular weight is 370 g/mol. The largest absolute Gasteiger partial charge is 0.346 e. The summed E-state index contributed by atoms with van der Waals surface area (Å²) in [6.45, 7) is 3.13. The second kappa shape index (κ2) is 6.41. The molecule has 6 nitrogen and oxygen atoms in total. The fraction of sp³-hybridized carbons (Fsp3) is 0.316. The van der Waals surface area contributed by atoms with E-state index in [0.29, 0.717) is 12.1 Å². The molecule has 0 radical (unpaired) electrons. The van der Waals surface area contributed by atoms with Crippen molar-refractivity contribution in [3.63, 3.8) is 0 Å². The zero-order valence-electron chi connectivity index (χ0n) is 14.5. The summed E-state index contributed by atoms with van der Waals surface area (Å²) in [7, 11) is 0. The van der Waals surface area contributed by atoms with Crippen LogP contribution in [0.4, 0.5) is 11.4 Å². The SMILES string of the molecule is Cc1ccccc1N1C[C@](O)(c2cccc([N+](=O)[O-])c2)[N+]2=C1SCCC2. The lowest BCUT2D eigenvalue weighted by atomic mass is 10.0. The topological polar surface area (TPSA) is 69.6 Å². The fourth-order valence-electron chi connectivity index (χ4n) is 3.67. The van der Waals surface area contributed by atoms with Crippen molar-refractivity contribution in [3.8, 4) is 0 Å². The summed E-state index contributed by atoms with van der Waals surface area (Å²) >= 11 is 1.73. The molecule has 7 heteroatoms. The minimum absolute atomic E-state index is 0.00326. The van der Waals surface area contributed by atoms with Crippen molar-refractivity contribution in [1.82, 2.24) is 0 Å². The summed E-state index contributed by atoms with van der Waals surface area (Å²) in [5, 5.41) is 23.8. The third-order valence-corrected chi connectivity index (χ3v) is 6.16. The monoisotopic (exact) mass is 370 g/mol. The number of anilines is 1. The minimum Gasteiger partial charge on any atom is -0.346 e. The number of hydrogen-bond acceptors (Lipinski definition) is 5. The molecule has 26 heavy (non-hydrogen) atoms. The van der Waals surface area contributed by atoms with Crippen molar-refractivity contribution < 1.29 is 14.6 Å². The Hall–Kier alpha value is -2.38. The molecule has 0 fully saturated rings. The predicted molar refractivity (Wildman–Crippen MR) is 103 cm³/mol. The summed E-state index contributed by atoms with van der Waals surface area (Å²) < 4.78 is 1.99. The second-order valence-corrected chi connectivity index (χ2v) is 7.69. The van der Waals surface area contributed by atoms with Gasteiger partial charge in [0.1, 0.15) is 5.69 Å². The van der Waals surface area contributed by atoms with Gasteiger partial charge in [-0.15, -0.1) is 0 Å². The Kier molecular flexibility index (Phi) is 4.20. The van der Waals surface area contributed by atoms with E-state index in [4.69, 9.17) is 0 Å². The van der Waals surface area contributed by atoms with Gasteiger partial charge in [0, 0.05) is 23.4 Å². The number of aliphatic hydroxyl groups is 1. The number of nitrogens with zero attached hydrogens (tertiary/aromatic N) is 3. The number of amidine groups is 1. The van der Waals surface area contributed by atoms with E-state index in [1.807, 2.05) is 16.7 Å². The van der Waals surface area contributed by atoms with Crippen LogP contribution in [-0.4, -0.2) is 38.6 Å². The van der Waals surface area contributed by atoms with Crippen LogP contribution in [-0.2, 0) is 5.72 Å². The summed E-state index contributed by atoms with van der Waals surface area (Å²) in [5.74, 6) is 0.999. The van der Waals surface area contributed by atoms with Crippen LogP contribution in [0.3, 0.4) is 0 Å². The highest BCUT2D eigenvalue weighted by atomic mass is 32.2. The van der Waals surface area contributed by atoms with E-state index in [1.165, 1.54) is 12.1 Å². The number of rotatable bonds is 3. The maximum absolute atomic E-state index is 11.6. The highest BCUT2D eigenvalue weighted by Gasteiger charge is 2.53. The third-order valence-electron chi connectivity index (χ3n) is 4.97. The number of hydrogen-bond donors (Lipinski definition) is 1. The van der Waals surface area contributed by atoms with E-state index in [1.54, 1.807) is 23.9 Å². The first-order valence-corrected chi connectivity index (χ1v) is 9.57. The Balaban J connectivity index is 1.83. The molecule has 0 unspecified atom stereocenters. The molecule has 2 aliphatic heterocycles. The first-order chi connectivity index (χ1) is 12.5. The van der Waals surface area contributed by atoms with Gasteiger partial charge in [-0.05, 0) is 36.7 Å². The lowest BCUT2D eigenvalue weighted by molar-refractivity contribution is -0.656. The molecular formula is C19H20N3O3S+. The number of para-hydroxylation sites is 1. The average Bonchev–Trinajstić information content (AvgIpc) is 2.97. The smallest absolute Gasteiger partial charge is 0.316 e. The van der Waals surface area contributed by atoms with Crippen LogP contribution in [0.5, 0.6) is 0 Å². The number of aryl methyl sites for hydroxylation is 1. The first-order valence-electron chi connectivity index (χ1n) is 8.58. The van der Waals surface area contributed by atoms with Crippen LogP contribution < -0.4 is 4.90 Å². The van der Waals surface area contributed by atoms with E-state index in [2.05, 4.69) is 24.0 Å². The standard InChI is InChI=1S/C19H20N3O3S/c1-14-6-2-3-9-17(14)20-13-19(23,21-10-5-11-26-18(20)21)15-7-4-8-16(12-15)22(24)25/h2-4,6-9,12,23H,5,10-11,13H2,1H3/q+1/t19-/m0/s1. The van der Waals surface area contributed by atoms with Gasteiger partial charge in [0.15, 0.2) is 6.54 Å². The van der Waals surface area contributed by atoms with Crippen molar-refractivity contribution in [1.29, 1.82) is 0 Å². The number of non-ortho nitro benzene ring substituents is 1. The van der Waals surface area contributed by atoms with Gasteiger partial charge >= 0.3 is 5.17 Å². The Morgan fingerprint density at radius 1 is 1.27 bits per heavy atom. The number of nitro benzene ring substituents is 1. The number of nitro groups is 1. The van der Waals surface area contributed by atoms with Gasteiger partial charge in [-0.2, -0.15) is 0 Å². The van der Waals surface area contributed by atoms with Gasteiger partial charge in [0.05, 0.1) is 11.5 Å². The summed E-state index contributed by atoms with van der Waals surface area (Å²) in [4.78, 5) is 12.9. The van der Waals surface area contributed by atoms with Crippen LogP contribution in [0.2, 0.25) is 0 Å². The molecule has 2 aromatic carbocycles. The minimum atomic E-state index is -1.28. The van der Waals surface area contributed by atoms with E-state index >= 15 is 0 Å². The molecule has 0 aromatic heterocycles. The molecule has 0 saturated heterocycles. The molecule has 2 aromatic rings. The van der Waals surface area contributed by atoms with E-state index in [-0.39, 0.29) is 5.69 Å². The van der Waals surface area contributed by atoms with Crippen molar-refractivity contribution >= 4 is 28.3 Å². The summed E-state index contributed by atoms with van der Waals surface area (Å²) in [5.41, 5.74) is 1.47. The van der Waals surface area contributed by atoms with Crippen LogP contribution in [0.1, 0.15) is 17.5 Å². The molecule has 0 saturated carbocycles. The highest BCUT2D eigenvalue weighted by molar-refractivity contribution is 8.13. The molecule has 0 spiro atoms. The Morgan fingerprint density at radius 2 is 2.08 bits per heavy atom. The molecule has 2 aliphatic rings. The van der Waals surface area contributed by atoms with Crippen LogP contribution in [0.15, 0.2) is 48.5 Å². The van der Waals surface area contributed by atoms with Crippen molar-refractivity contribution in [2.45, 2.75) is 19.1 Å². The zero-order valence-corrected chi connectivity index (χ0v) is 15.3. The fourth-order valence-corrected chi connectivity index (χ4v) is 4.84. The Morgan fingerprint density at radius 3 is 2.85 bits per heavy atom. The van der Waals surface area contributed by atoms with Gasteiger partial charge in [-0.3, -0.25) is 10.1 Å². The summed E-state index contributed by atoms with van der Waals surface area (Å²) in [6.07, 6.45) is 0.965. The molecule has 4 rings (SSSR count). The highest BCUT2D eigenvalue weighted by Crippen LogP contribution is 2.39. The van der Waals surface area contributed by atoms with Crippen molar-refractivity contribution in [2.24, 2.45) is 0 Å². The molecule has 1 N–H and O–H groups in total. The van der Waals surface area contributed by atoms with E-state index in [0.717, 1.165) is 35.1 Å². The number of benzene rings is 2. The Bertz CT molecular complexity index is 914. The van der Waals surface area contributed by atoms with Gasteiger partial charge in [-0.25, -0.2) is 9.48 Å². The number of β-amino-alcohol motifs (C(OH)–C–C–N with tert-alkyl or cyclic N) is 1. The second-order valence-electron chi connectivity index (χ2n) is 6.63. The molecule has 0 amide bonds. The maximum Gasteiger partial charge on any atom is 0.316 e. The predicted octanol–water partition coefficient (Wildman–Crippen LogP) is 3.07. The Labute approximate surface area is 155 Å². The van der Waals surface area contributed by atoms with E-state index in [9.17, 15) is 15.2 Å². The van der Waals surface area contributed by atoms with Crippen LogP contribution in [0, 0.1) is 17.0 Å². The van der Waals surface area contributed by atoms with Crippen molar-refractivity contribution in [2.75, 3.05) is 23.7 Å². The maximum atomic E-state index is 11.6. The molecule has 0 bridgehead atoms. The summed E-state index contributed by atoms with van der Waals surface area (Å²) in [6, 6.07) is 14.4. The van der Waals surface area contributed by atoms with Crippen LogP contribution >= 0.6 is 11.8 Å². The van der Waals surface area contributed by atoms with Gasteiger partial charge < -0.3 is 5.11 Å². The zero-order chi connectivity index (χ0) is 18.3. The molecule has 2 heterocycles. The number of thioether (sulfide) groups is 1. The third kappa shape index (κ3) is 2.68. The lowest BCUT2D eigenvalue weighted by Gasteiger charge is -2.24. The van der Waals surface area contributed by atoms with Gasteiger partial charge in [0.2, 0.25) is 0 Å². The molecule has 1 atom stereocenters. The molecule has 0 aliphatic carbocycles. The first kappa shape index (κ1) is 17.1. The lowest BCUT2D eigenvalue weighted by Crippen LogP contribution is -2.41.